The number of aryl methyl sites for hydroxylation is 2. The van der Waals surface area contributed by atoms with Crippen molar-refractivity contribution in [2.24, 2.45) is 0 Å². The Hall–Kier alpha value is -2.53. The minimum atomic E-state index is -0.936. The molecule has 2 aromatic heterocycles. The van der Waals surface area contributed by atoms with Gasteiger partial charge in [0.05, 0.1) is 21.8 Å². The summed E-state index contributed by atoms with van der Waals surface area (Å²) in [5, 5.41) is 13.9. The van der Waals surface area contributed by atoms with Crippen molar-refractivity contribution in [3.8, 4) is 11.3 Å². The van der Waals surface area contributed by atoms with Crippen LogP contribution in [0.2, 0.25) is 5.02 Å². The van der Waals surface area contributed by atoms with E-state index in [-0.39, 0.29) is 48.6 Å². The highest BCUT2D eigenvalue weighted by Crippen LogP contribution is 2.39. The van der Waals surface area contributed by atoms with Crippen LogP contribution in [-0.2, 0) is 17.8 Å². The van der Waals surface area contributed by atoms with Crippen molar-refractivity contribution < 1.29 is 18.4 Å². The highest BCUT2D eigenvalue weighted by Gasteiger charge is 2.34. The quantitative estimate of drug-likeness (QED) is 0.427. The van der Waals surface area contributed by atoms with Crippen LogP contribution < -0.4 is 16.0 Å². The lowest BCUT2D eigenvalue weighted by atomic mass is 9.81. The zero-order valence-electron chi connectivity index (χ0n) is 20.0. The first-order valence-corrected chi connectivity index (χ1v) is 13.1. The second-order valence-corrected chi connectivity index (χ2v) is 10.7. The number of hydrogen-bond acceptors (Lipinski definition) is 5. The van der Waals surface area contributed by atoms with Crippen LogP contribution in [0.1, 0.15) is 45.3 Å². The topological polar surface area (TPSA) is 88.1 Å². The second-order valence-electron chi connectivity index (χ2n) is 9.19. The molecule has 0 saturated carbocycles. The van der Waals surface area contributed by atoms with Crippen molar-refractivity contribution in [1.29, 1.82) is 0 Å². The van der Waals surface area contributed by atoms with E-state index in [0.29, 0.717) is 28.4 Å². The lowest BCUT2D eigenvalue weighted by molar-refractivity contribution is -0.121. The fourth-order valence-corrected chi connectivity index (χ4v) is 6.44. The van der Waals surface area contributed by atoms with E-state index in [1.807, 2.05) is 10.7 Å². The molecule has 12 heteroatoms. The number of piperidine rings is 1. The Morgan fingerprint density at radius 1 is 1.27 bits per heavy atom. The molecule has 1 fully saturated rings. The molecule has 0 radical (unpaired) electrons. The molecule has 0 spiro atoms. The van der Waals surface area contributed by atoms with Crippen LogP contribution in [0.25, 0.3) is 11.3 Å². The maximum Gasteiger partial charge on any atom is 0.261 e. The van der Waals surface area contributed by atoms with Crippen molar-refractivity contribution in [1.82, 2.24) is 25.7 Å². The van der Waals surface area contributed by atoms with Crippen LogP contribution in [0.4, 0.5) is 8.78 Å². The smallest absolute Gasteiger partial charge is 0.261 e. The minimum absolute atomic E-state index is 0. The van der Waals surface area contributed by atoms with E-state index in [0.717, 1.165) is 41.6 Å². The normalized spacial score (nSPS) is 20.7. The standard InChI is InChI=1S/C25H26ClF2N5O2S.ClH/c1-29-23(34)9-14-8-15(13-4-5-18(27)19(28)7-13)20(12-30-14)32-25(35)22-10-16-21(36-22)3-2-6-33-24(16)17(26)11-31-33;/h4-5,7,10-11,14-15,20,30H,2-3,6,8-9,12H2,1H3,(H,29,34)(H,32,35);1H/t14?,15-,20+;/m0./s1. The number of aromatic nitrogens is 2. The van der Waals surface area contributed by atoms with Gasteiger partial charge in [-0.2, -0.15) is 5.10 Å². The van der Waals surface area contributed by atoms with Crippen LogP contribution >= 0.6 is 35.3 Å². The van der Waals surface area contributed by atoms with Crippen LogP contribution in [0, 0.1) is 11.6 Å². The van der Waals surface area contributed by atoms with Gasteiger partial charge in [0.25, 0.3) is 5.91 Å². The maximum absolute atomic E-state index is 14.1. The Labute approximate surface area is 228 Å². The van der Waals surface area contributed by atoms with Gasteiger partial charge in [-0.05, 0) is 43.0 Å². The predicted octanol–water partition coefficient (Wildman–Crippen LogP) is 4.29. The summed E-state index contributed by atoms with van der Waals surface area (Å²) in [6.45, 7) is 1.16. The number of rotatable bonds is 5. The molecule has 0 aliphatic carbocycles. The maximum atomic E-state index is 14.1. The number of nitrogens with zero attached hydrogens (tertiary/aromatic N) is 2. The number of carbonyl (C=O) groups excluding carboxylic acids is 2. The predicted molar refractivity (Wildman–Crippen MR) is 142 cm³/mol. The molecule has 1 unspecified atom stereocenters. The molecule has 198 valence electrons. The molecule has 2 amide bonds. The van der Waals surface area contributed by atoms with Crippen LogP contribution in [0.3, 0.4) is 0 Å². The van der Waals surface area contributed by atoms with Crippen LogP contribution in [0.5, 0.6) is 0 Å². The van der Waals surface area contributed by atoms with Crippen LogP contribution in [-0.4, -0.2) is 47.3 Å². The number of fused-ring (bicyclic) bond motifs is 3. The lowest BCUT2D eigenvalue weighted by Crippen LogP contribution is -2.54. The Morgan fingerprint density at radius 2 is 2.08 bits per heavy atom. The van der Waals surface area contributed by atoms with E-state index in [9.17, 15) is 18.4 Å². The number of halogens is 4. The largest absolute Gasteiger partial charge is 0.359 e. The van der Waals surface area contributed by atoms with Crippen molar-refractivity contribution in [3.63, 3.8) is 0 Å². The summed E-state index contributed by atoms with van der Waals surface area (Å²) < 4.78 is 29.6. The summed E-state index contributed by atoms with van der Waals surface area (Å²) in [5.74, 6) is -2.51. The Bertz CT molecular complexity index is 1310. The fraction of sp³-hybridized carbons (Fsp3) is 0.400. The SMILES string of the molecule is CNC(=O)CC1C[C@@H](c2ccc(F)c(F)c2)[C@H](NC(=O)c2cc3c(s2)CCCn2ncc(Cl)c2-3)CN1.Cl. The third-order valence-corrected chi connectivity index (χ3v) is 8.38. The molecule has 1 aromatic carbocycles. The van der Waals surface area contributed by atoms with E-state index in [4.69, 9.17) is 11.6 Å². The van der Waals surface area contributed by atoms with Gasteiger partial charge in [-0.3, -0.25) is 14.3 Å². The molecule has 2 aliphatic rings. The molecule has 37 heavy (non-hydrogen) atoms. The number of amides is 2. The molecular formula is C25H27Cl2F2N5O2S. The van der Waals surface area contributed by atoms with Gasteiger partial charge < -0.3 is 16.0 Å². The van der Waals surface area contributed by atoms with E-state index in [1.54, 1.807) is 19.3 Å². The highest BCUT2D eigenvalue weighted by molar-refractivity contribution is 7.14. The summed E-state index contributed by atoms with van der Waals surface area (Å²) in [5.41, 5.74) is 2.34. The molecule has 3 atom stereocenters. The first-order valence-electron chi connectivity index (χ1n) is 11.9. The summed E-state index contributed by atoms with van der Waals surface area (Å²) in [6.07, 6.45) is 4.09. The van der Waals surface area contributed by atoms with Gasteiger partial charge >= 0.3 is 0 Å². The number of nitrogens with one attached hydrogen (secondary N) is 3. The average Bonchev–Trinajstić information content (AvgIpc) is 3.40. The number of benzene rings is 1. The molecule has 1 saturated heterocycles. The fourth-order valence-electron chi connectivity index (χ4n) is 5.09. The monoisotopic (exact) mass is 569 g/mol. The van der Waals surface area contributed by atoms with E-state index in [1.165, 1.54) is 17.4 Å². The van der Waals surface area contributed by atoms with Gasteiger partial charge in [0, 0.05) is 55.0 Å². The van der Waals surface area contributed by atoms with Crippen molar-refractivity contribution >= 4 is 47.2 Å². The Morgan fingerprint density at radius 3 is 2.84 bits per heavy atom. The first kappa shape index (κ1) is 27.5. The molecule has 0 bridgehead atoms. The van der Waals surface area contributed by atoms with E-state index >= 15 is 0 Å². The van der Waals surface area contributed by atoms with Crippen molar-refractivity contribution in [3.05, 3.63) is 62.4 Å². The van der Waals surface area contributed by atoms with E-state index in [2.05, 4.69) is 21.0 Å². The first-order chi connectivity index (χ1) is 17.3. The number of thiophene rings is 1. The zero-order valence-corrected chi connectivity index (χ0v) is 22.4. The zero-order chi connectivity index (χ0) is 25.4. The molecule has 4 heterocycles. The molecule has 7 nitrogen and oxygen atoms in total. The van der Waals surface area contributed by atoms with Gasteiger partial charge in [-0.25, -0.2) is 8.78 Å². The second kappa shape index (κ2) is 11.5. The van der Waals surface area contributed by atoms with Crippen molar-refractivity contribution in [2.75, 3.05) is 13.6 Å². The van der Waals surface area contributed by atoms with Gasteiger partial charge in [0.2, 0.25) is 5.91 Å². The van der Waals surface area contributed by atoms with Gasteiger partial charge in [0.15, 0.2) is 11.6 Å². The Balaban J connectivity index is 0.00000320. The summed E-state index contributed by atoms with van der Waals surface area (Å²) in [6, 6.07) is 5.15. The van der Waals surface area contributed by atoms with Crippen LogP contribution in [0.15, 0.2) is 30.5 Å². The molecule has 5 rings (SSSR count). The number of hydrogen-bond donors (Lipinski definition) is 3. The van der Waals surface area contributed by atoms with Crippen molar-refractivity contribution in [2.45, 2.75) is 50.2 Å². The molecule has 2 aliphatic heterocycles. The van der Waals surface area contributed by atoms with Gasteiger partial charge in [-0.15, -0.1) is 23.7 Å². The Kier molecular flexibility index (Phi) is 8.52. The third-order valence-electron chi connectivity index (χ3n) is 6.91. The summed E-state index contributed by atoms with van der Waals surface area (Å²) >= 11 is 7.84. The van der Waals surface area contributed by atoms with Gasteiger partial charge in [0.1, 0.15) is 0 Å². The summed E-state index contributed by atoms with van der Waals surface area (Å²) in [4.78, 5) is 27.0. The molecular weight excluding hydrogens is 543 g/mol. The summed E-state index contributed by atoms with van der Waals surface area (Å²) in [7, 11) is 1.57. The minimum Gasteiger partial charge on any atom is -0.359 e. The highest BCUT2D eigenvalue weighted by atomic mass is 35.5. The van der Waals surface area contributed by atoms with Gasteiger partial charge in [-0.1, -0.05) is 17.7 Å². The molecule has 3 aromatic rings. The number of carbonyl (C=O) groups is 2. The lowest BCUT2D eigenvalue weighted by Gasteiger charge is -2.37. The molecule has 3 N–H and O–H groups in total. The third kappa shape index (κ3) is 5.67. The van der Waals surface area contributed by atoms with E-state index < -0.39 is 11.6 Å². The average molecular weight is 570 g/mol.